The molecule has 25 heavy (non-hydrogen) atoms. The lowest BCUT2D eigenvalue weighted by Crippen LogP contribution is -2.48. The van der Waals surface area contributed by atoms with Gasteiger partial charge in [0.05, 0.1) is 18.4 Å². The van der Waals surface area contributed by atoms with E-state index in [1.54, 1.807) is 34.0 Å². The number of aryl methyl sites for hydroxylation is 2. The summed E-state index contributed by atoms with van der Waals surface area (Å²) in [6.07, 6.45) is 3.40. The fourth-order valence-corrected chi connectivity index (χ4v) is 3.27. The first-order valence-corrected chi connectivity index (χ1v) is 8.31. The van der Waals surface area contributed by atoms with E-state index in [0.29, 0.717) is 18.3 Å². The maximum atomic E-state index is 12.1. The summed E-state index contributed by atoms with van der Waals surface area (Å²) in [6, 6.07) is 5.27. The number of likely N-dealkylation sites (tertiary alicyclic amines) is 1. The molecule has 0 bridgehead atoms. The highest BCUT2D eigenvalue weighted by Crippen LogP contribution is 2.19. The molecule has 130 valence electrons. The van der Waals surface area contributed by atoms with Crippen molar-refractivity contribution in [3.8, 4) is 5.82 Å². The monoisotopic (exact) mass is 340 g/mol. The number of aromatic nitrogens is 5. The number of rotatable bonds is 5. The highest BCUT2D eigenvalue weighted by molar-refractivity contribution is 5.23. The van der Waals surface area contributed by atoms with Gasteiger partial charge in [-0.25, -0.2) is 9.36 Å². The molecule has 0 amide bonds. The van der Waals surface area contributed by atoms with Crippen LogP contribution in [-0.2, 0) is 13.1 Å². The fraction of sp³-hybridized carbons (Fsp3) is 0.412. The van der Waals surface area contributed by atoms with Crippen molar-refractivity contribution in [3.63, 3.8) is 0 Å². The Morgan fingerprint density at radius 1 is 1.24 bits per heavy atom. The molecule has 0 radical (unpaired) electrons. The summed E-state index contributed by atoms with van der Waals surface area (Å²) in [5, 5.41) is 12.6. The van der Waals surface area contributed by atoms with Crippen molar-refractivity contribution in [1.82, 2.24) is 29.6 Å². The van der Waals surface area contributed by atoms with Gasteiger partial charge in [-0.15, -0.1) is 5.10 Å². The normalized spacial score (nSPS) is 15.4. The van der Waals surface area contributed by atoms with Crippen LogP contribution in [0, 0.1) is 19.8 Å². The molecule has 4 heterocycles. The number of nitrogens with zero attached hydrogens (tertiary/aromatic N) is 6. The van der Waals surface area contributed by atoms with Crippen molar-refractivity contribution in [2.24, 2.45) is 5.92 Å². The summed E-state index contributed by atoms with van der Waals surface area (Å²) in [5.74, 6) is 1.09. The first kappa shape index (κ1) is 15.8. The average molecular weight is 340 g/mol. The third-order valence-electron chi connectivity index (χ3n) is 4.43. The first-order chi connectivity index (χ1) is 12.1. The van der Waals surface area contributed by atoms with Gasteiger partial charge in [-0.3, -0.25) is 9.69 Å². The Morgan fingerprint density at radius 2 is 2.08 bits per heavy atom. The van der Waals surface area contributed by atoms with Crippen molar-refractivity contribution in [3.05, 3.63) is 58.0 Å². The van der Waals surface area contributed by atoms with E-state index in [1.807, 2.05) is 19.9 Å². The minimum Gasteiger partial charge on any atom is -0.364 e. The second-order valence-electron chi connectivity index (χ2n) is 6.64. The van der Waals surface area contributed by atoms with Gasteiger partial charge in [0.1, 0.15) is 6.26 Å². The van der Waals surface area contributed by atoms with Crippen LogP contribution in [0.25, 0.3) is 5.82 Å². The molecule has 1 aliphatic rings. The molecule has 0 spiro atoms. The van der Waals surface area contributed by atoms with Crippen LogP contribution in [0.4, 0.5) is 0 Å². The van der Waals surface area contributed by atoms with Crippen LogP contribution in [-0.4, -0.2) is 42.7 Å². The zero-order valence-corrected chi connectivity index (χ0v) is 14.3. The van der Waals surface area contributed by atoms with Gasteiger partial charge in [-0.2, -0.15) is 5.10 Å². The lowest BCUT2D eigenvalue weighted by Gasteiger charge is -2.38. The predicted octanol–water partition coefficient (Wildman–Crippen LogP) is 1.17. The topological polar surface area (TPSA) is 82.0 Å². The van der Waals surface area contributed by atoms with Crippen LogP contribution in [0.3, 0.4) is 0 Å². The molecule has 3 aromatic heterocycles. The molecule has 8 nitrogen and oxygen atoms in total. The first-order valence-electron chi connectivity index (χ1n) is 8.31. The molecule has 4 rings (SSSR count). The lowest BCUT2D eigenvalue weighted by molar-refractivity contribution is 0.0764. The van der Waals surface area contributed by atoms with E-state index in [4.69, 9.17) is 4.52 Å². The van der Waals surface area contributed by atoms with Crippen molar-refractivity contribution in [2.45, 2.75) is 26.9 Å². The Bertz CT molecular complexity index is 921. The summed E-state index contributed by atoms with van der Waals surface area (Å²) in [6.45, 7) is 7.23. The molecular formula is C17H20N6O2. The van der Waals surface area contributed by atoms with E-state index in [1.165, 1.54) is 0 Å². The van der Waals surface area contributed by atoms with Gasteiger partial charge in [-0.05, 0) is 26.0 Å². The Morgan fingerprint density at radius 3 is 2.76 bits per heavy atom. The maximum absolute atomic E-state index is 12.1. The Balaban J connectivity index is 1.44. The molecule has 1 fully saturated rings. The molecule has 0 saturated carbocycles. The van der Waals surface area contributed by atoms with Gasteiger partial charge in [0, 0.05) is 42.9 Å². The highest BCUT2D eigenvalue weighted by Gasteiger charge is 2.27. The third-order valence-corrected chi connectivity index (χ3v) is 4.43. The summed E-state index contributed by atoms with van der Waals surface area (Å²) >= 11 is 0. The van der Waals surface area contributed by atoms with Crippen molar-refractivity contribution in [2.75, 3.05) is 13.1 Å². The van der Waals surface area contributed by atoms with Gasteiger partial charge in [0.25, 0.3) is 5.56 Å². The van der Waals surface area contributed by atoms with E-state index in [2.05, 4.69) is 20.3 Å². The predicted molar refractivity (Wildman–Crippen MR) is 90.4 cm³/mol. The van der Waals surface area contributed by atoms with E-state index in [9.17, 15) is 4.79 Å². The highest BCUT2D eigenvalue weighted by atomic mass is 16.5. The lowest BCUT2D eigenvalue weighted by atomic mass is 10.00. The molecular weight excluding hydrogens is 320 g/mol. The molecule has 0 atom stereocenters. The van der Waals surface area contributed by atoms with Gasteiger partial charge in [-0.1, -0.05) is 5.16 Å². The summed E-state index contributed by atoms with van der Waals surface area (Å²) < 4.78 is 8.17. The molecule has 3 aromatic rings. The second-order valence-corrected chi connectivity index (χ2v) is 6.64. The van der Waals surface area contributed by atoms with E-state index in [0.717, 1.165) is 36.6 Å². The SMILES string of the molecule is Cc1cc(C)n(-c2ccc(=O)n(CC3CN(Cc4cnoc4)C3)n2)n1. The molecule has 1 aliphatic heterocycles. The minimum absolute atomic E-state index is 0.0808. The standard InChI is InChI=1S/C17H20N6O2/c1-12-5-13(2)23(19-12)16-3-4-17(24)22(20-16)10-15-8-21(9-15)7-14-6-18-25-11-14/h3-6,11,15H,7-10H2,1-2H3. The van der Waals surface area contributed by atoms with Crippen LogP contribution in [0.15, 0.2) is 40.0 Å². The number of hydrogen-bond acceptors (Lipinski definition) is 6. The minimum atomic E-state index is -0.0808. The van der Waals surface area contributed by atoms with E-state index in [-0.39, 0.29) is 5.56 Å². The molecule has 8 heteroatoms. The molecule has 0 N–H and O–H groups in total. The smallest absolute Gasteiger partial charge is 0.266 e. The van der Waals surface area contributed by atoms with E-state index < -0.39 is 0 Å². The van der Waals surface area contributed by atoms with Gasteiger partial charge in [0.15, 0.2) is 5.82 Å². The fourth-order valence-electron chi connectivity index (χ4n) is 3.27. The zero-order valence-electron chi connectivity index (χ0n) is 14.3. The van der Waals surface area contributed by atoms with Crippen LogP contribution in [0.1, 0.15) is 17.0 Å². The average Bonchev–Trinajstić information content (AvgIpc) is 3.16. The van der Waals surface area contributed by atoms with Crippen LogP contribution in [0.2, 0.25) is 0 Å². The Kier molecular flexibility index (Phi) is 3.96. The largest absolute Gasteiger partial charge is 0.364 e. The van der Waals surface area contributed by atoms with Gasteiger partial charge >= 0.3 is 0 Å². The quantitative estimate of drug-likeness (QED) is 0.693. The van der Waals surface area contributed by atoms with Crippen LogP contribution in [0.5, 0.6) is 0 Å². The molecule has 0 unspecified atom stereocenters. The van der Waals surface area contributed by atoms with E-state index >= 15 is 0 Å². The van der Waals surface area contributed by atoms with Crippen molar-refractivity contribution >= 4 is 0 Å². The summed E-state index contributed by atoms with van der Waals surface area (Å²) in [7, 11) is 0. The second kappa shape index (κ2) is 6.29. The zero-order chi connectivity index (χ0) is 17.4. The number of hydrogen-bond donors (Lipinski definition) is 0. The van der Waals surface area contributed by atoms with Crippen molar-refractivity contribution in [1.29, 1.82) is 0 Å². The van der Waals surface area contributed by atoms with Crippen LogP contribution >= 0.6 is 0 Å². The van der Waals surface area contributed by atoms with Gasteiger partial charge in [0.2, 0.25) is 0 Å². The Labute approximate surface area is 144 Å². The molecule has 0 aromatic carbocycles. The molecule has 0 aliphatic carbocycles. The van der Waals surface area contributed by atoms with Crippen molar-refractivity contribution < 1.29 is 4.52 Å². The maximum Gasteiger partial charge on any atom is 0.266 e. The third kappa shape index (κ3) is 3.25. The summed E-state index contributed by atoms with van der Waals surface area (Å²) in [4.78, 5) is 14.4. The summed E-state index contributed by atoms with van der Waals surface area (Å²) in [5.41, 5.74) is 2.92. The molecule has 1 saturated heterocycles. The Hall–Kier alpha value is -2.74. The van der Waals surface area contributed by atoms with Crippen LogP contribution < -0.4 is 5.56 Å². The van der Waals surface area contributed by atoms with Gasteiger partial charge < -0.3 is 4.52 Å².